The molecule has 0 heterocycles. The lowest BCUT2D eigenvalue weighted by molar-refractivity contribution is -0.117. The number of aryl methyl sites for hydroxylation is 2. The van der Waals surface area contributed by atoms with E-state index >= 15 is 0 Å². The standard InChI is InChI=1S/C15H24N2O2/c1-5-17(15(18)11-16-6-7-19-4)14-9-12(2)8-13(3)10-14/h8-10,16H,5-7,11H2,1-4H3. The Balaban J connectivity index is 2.68. The normalized spacial score (nSPS) is 10.5. The second-order valence-electron chi connectivity index (χ2n) is 4.65. The van der Waals surface area contributed by atoms with Crippen LogP contribution in [0.2, 0.25) is 0 Å². The van der Waals surface area contributed by atoms with E-state index in [4.69, 9.17) is 4.74 Å². The number of likely N-dealkylation sites (N-methyl/N-ethyl adjacent to an activating group) is 1. The third-order valence-corrected chi connectivity index (χ3v) is 2.89. The molecule has 0 spiro atoms. The van der Waals surface area contributed by atoms with E-state index in [1.165, 1.54) is 11.1 Å². The first kappa shape index (κ1) is 15.7. The molecule has 0 fully saturated rings. The molecular formula is C15H24N2O2. The number of amides is 1. The molecule has 1 rings (SSSR count). The number of anilines is 1. The average molecular weight is 264 g/mol. The number of benzene rings is 1. The van der Waals surface area contributed by atoms with Gasteiger partial charge < -0.3 is 15.0 Å². The predicted molar refractivity (Wildman–Crippen MR) is 78.7 cm³/mol. The van der Waals surface area contributed by atoms with Crippen LogP contribution < -0.4 is 10.2 Å². The van der Waals surface area contributed by atoms with E-state index in [9.17, 15) is 4.79 Å². The molecule has 106 valence electrons. The number of ether oxygens (including phenoxy) is 1. The van der Waals surface area contributed by atoms with Crippen LogP contribution in [0.25, 0.3) is 0 Å². The molecule has 0 radical (unpaired) electrons. The molecule has 0 atom stereocenters. The van der Waals surface area contributed by atoms with Crippen LogP contribution in [0.5, 0.6) is 0 Å². The zero-order valence-electron chi connectivity index (χ0n) is 12.3. The largest absolute Gasteiger partial charge is 0.383 e. The minimum Gasteiger partial charge on any atom is -0.383 e. The summed E-state index contributed by atoms with van der Waals surface area (Å²) in [4.78, 5) is 14.0. The van der Waals surface area contributed by atoms with Crippen LogP contribution in [-0.4, -0.2) is 39.3 Å². The number of carbonyl (C=O) groups excluding carboxylic acids is 1. The first-order chi connectivity index (χ1) is 9.08. The molecule has 0 aromatic heterocycles. The van der Waals surface area contributed by atoms with Gasteiger partial charge in [-0.1, -0.05) is 6.07 Å². The van der Waals surface area contributed by atoms with Gasteiger partial charge in [0.15, 0.2) is 0 Å². The van der Waals surface area contributed by atoms with Crippen LogP contribution >= 0.6 is 0 Å². The van der Waals surface area contributed by atoms with Crippen molar-refractivity contribution < 1.29 is 9.53 Å². The smallest absolute Gasteiger partial charge is 0.240 e. The van der Waals surface area contributed by atoms with Gasteiger partial charge in [-0.05, 0) is 44.0 Å². The number of carbonyl (C=O) groups is 1. The van der Waals surface area contributed by atoms with Crippen molar-refractivity contribution in [3.8, 4) is 0 Å². The Kier molecular flexibility index (Phi) is 6.53. The van der Waals surface area contributed by atoms with Crippen molar-refractivity contribution >= 4 is 11.6 Å². The number of nitrogens with zero attached hydrogens (tertiary/aromatic N) is 1. The SMILES string of the molecule is CCN(C(=O)CNCCOC)c1cc(C)cc(C)c1. The van der Waals surface area contributed by atoms with Gasteiger partial charge in [-0.25, -0.2) is 0 Å². The minimum atomic E-state index is 0.0867. The molecule has 4 nitrogen and oxygen atoms in total. The summed E-state index contributed by atoms with van der Waals surface area (Å²) >= 11 is 0. The number of rotatable bonds is 7. The Morgan fingerprint density at radius 2 is 1.89 bits per heavy atom. The molecule has 0 saturated carbocycles. The van der Waals surface area contributed by atoms with Crippen molar-refractivity contribution in [1.82, 2.24) is 5.32 Å². The summed E-state index contributed by atoms with van der Waals surface area (Å²) in [5.41, 5.74) is 3.32. The Morgan fingerprint density at radius 1 is 1.26 bits per heavy atom. The van der Waals surface area contributed by atoms with Crippen LogP contribution in [0.1, 0.15) is 18.1 Å². The van der Waals surface area contributed by atoms with Crippen molar-refractivity contribution in [1.29, 1.82) is 0 Å². The zero-order valence-corrected chi connectivity index (χ0v) is 12.3. The van der Waals surface area contributed by atoms with Gasteiger partial charge in [0, 0.05) is 25.9 Å². The van der Waals surface area contributed by atoms with Crippen molar-refractivity contribution in [3.63, 3.8) is 0 Å². The molecule has 4 heteroatoms. The molecule has 1 aromatic rings. The molecule has 0 aliphatic carbocycles. The van der Waals surface area contributed by atoms with Gasteiger partial charge in [0.1, 0.15) is 0 Å². The maximum atomic E-state index is 12.2. The first-order valence-electron chi connectivity index (χ1n) is 6.66. The number of hydrogen-bond donors (Lipinski definition) is 1. The first-order valence-corrected chi connectivity index (χ1v) is 6.66. The molecule has 0 unspecified atom stereocenters. The van der Waals surface area contributed by atoms with Gasteiger partial charge in [0.05, 0.1) is 13.2 Å². The van der Waals surface area contributed by atoms with Crippen molar-refractivity contribution in [2.24, 2.45) is 0 Å². The van der Waals surface area contributed by atoms with Crippen molar-refractivity contribution in [3.05, 3.63) is 29.3 Å². The Labute approximate surface area is 115 Å². The fraction of sp³-hybridized carbons (Fsp3) is 0.533. The topological polar surface area (TPSA) is 41.6 Å². The third kappa shape index (κ3) is 5.01. The molecule has 0 bridgehead atoms. The fourth-order valence-electron chi connectivity index (χ4n) is 2.07. The van der Waals surface area contributed by atoms with Gasteiger partial charge in [0.25, 0.3) is 0 Å². The number of methoxy groups -OCH3 is 1. The van der Waals surface area contributed by atoms with E-state index in [-0.39, 0.29) is 5.91 Å². The Morgan fingerprint density at radius 3 is 2.42 bits per heavy atom. The minimum absolute atomic E-state index is 0.0867. The lowest BCUT2D eigenvalue weighted by atomic mass is 10.1. The summed E-state index contributed by atoms with van der Waals surface area (Å²) in [7, 11) is 1.65. The van der Waals surface area contributed by atoms with E-state index in [0.717, 1.165) is 5.69 Å². The van der Waals surface area contributed by atoms with E-state index in [1.54, 1.807) is 12.0 Å². The highest BCUT2D eigenvalue weighted by molar-refractivity contribution is 5.94. The summed E-state index contributed by atoms with van der Waals surface area (Å²) in [5.74, 6) is 0.0867. The van der Waals surface area contributed by atoms with E-state index in [1.807, 2.05) is 32.9 Å². The van der Waals surface area contributed by atoms with Gasteiger partial charge in [0.2, 0.25) is 5.91 Å². The number of hydrogen-bond acceptors (Lipinski definition) is 3. The quantitative estimate of drug-likeness (QED) is 0.765. The summed E-state index contributed by atoms with van der Waals surface area (Å²) in [5, 5.41) is 3.08. The van der Waals surface area contributed by atoms with Crippen LogP contribution in [0.4, 0.5) is 5.69 Å². The monoisotopic (exact) mass is 264 g/mol. The molecule has 0 aliphatic rings. The maximum absolute atomic E-state index is 12.2. The molecule has 19 heavy (non-hydrogen) atoms. The van der Waals surface area contributed by atoms with Gasteiger partial charge in [-0.2, -0.15) is 0 Å². The van der Waals surface area contributed by atoms with Gasteiger partial charge in [-0.15, -0.1) is 0 Å². The predicted octanol–water partition coefficient (Wildman–Crippen LogP) is 1.89. The molecule has 1 aromatic carbocycles. The lowest BCUT2D eigenvalue weighted by Crippen LogP contribution is -2.39. The number of nitrogens with one attached hydrogen (secondary N) is 1. The molecular weight excluding hydrogens is 240 g/mol. The van der Waals surface area contributed by atoms with Crippen LogP contribution in [0.15, 0.2) is 18.2 Å². The molecule has 1 amide bonds. The summed E-state index contributed by atoms with van der Waals surface area (Å²) in [6.07, 6.45) is 0. The van der Waals surface area contributed by atoms with Crippen molar-refractivity contribution in [2.45, 2.75) is 20.8 Å². The summed E-state index contributed by atoms with van der Waals surface area (Å²) in [6.45, 7) is 8.40. The van der Waals surface area contributed by atoms with E-state index in [2.05, 4.69) is 11.4 Å². The van der Waals surface area contributed by atoms with Crippen LogP contribution in [-0.2, 0) is 9.53 Å². The van der Waals surface area contributed by atoms with Gasteiger partial charge in [-0.3, -0.25) is 4.79 Å². The highest BCUT2D eigenvalue weighted by Crippen LogP contribution is 2.18. The van der Waals surface area contributed by atoms with Crippen LogP contribution in [0.3, 0.4) is 0 Å². The average Bonchev–Trinajstić information content (AvgIpc) is 2.34. The summed E-state index contributed by atoms with van der Waals surface area (Å²) in [6, 6.07) is 6.20. The highest BCUT2D eigenvalue weighted by Gasteiger charge is 2.13. The highest BCUT2D eigenvalue weighted by atomic mass is 16.5. The maximum Gasteiger partial charge on any atom is 0.240 e. The third-order valence-electron chi connectivity index (χ3n) is 2.89. The van der Waals surface area contributed by atoms with E-state index < -0.39 is 0 Å². The second-order valence-corrected chi connectivity index (χ2v) is 4.65. The zero-order chi connectivity index (χ0) is 14.3. The fourth-order valence-corrected chi connectivity index (χ4v) is 2.07. The lowest BCUT2D eigenvalue weighted by Gasteiger charge is -2.22. The molecule has 0 aliphatic heterocycles. The Hall–Kier alpha value is -1.39. The summed E-state index contributed by atoms with van der Waals surface area (Å²) < 4.78 is 4.94. The second kappa shape index (κ2) is 7.92. The van der Waals surface area contributed by atoms with Crippen molar-refractivity contribution in [2.75, 3.05) is 38.3 Å². The van der Waals surface area contributed by atoms with Crippen LogP contribution in [0, 0.1) is 13.8 Å². The van der Waals surface area contributed by atoms with Gasteiger partial charge >= 0.3 is 0 Å². The molecule has 1 N–H and O–H groups in total. The Bertz CT molecular complexity index is 398. The van der Waals surface area contributed by atoms with E-state index in [0.29, 0.717) is 26.2 Å². The molecule has 0 saturated heterocycles.